The largest absolute Gasteiger partial charge is 0.459 e. The smallest absolute Gasteiger partial charge is 0.330 e. The summed E-state index contributed by atoms with van der Waals surface area (Å²) in [6, 6.07) is 0. The third kappa shape index (κ3) is 6.34. The van der Waals surface area contributed by atoms with E-state index in [1.54, 1.807) is 0 Å². The Bertz CT molecular complexity index is 154. The van der Waals surface area contributed by atoms with Crippen molar-refractivity contribution in [1.82, 2.24) is 0 Å². The van der Waals surface area contributed by atoms with Gasteiger partial charge in [0.05, 0.1) is 0 Å². The number of hydrogen-bond donors (Lipinski definition) is 1. The van der Waals surface area contributed by atoms with Crippen molar-refractivity contribution in [2.75, 3.05) is 6.61 Å². The van der Waals surface area contributed by atoms with E-state index in [0.717, 1.165) is 25.7 Å². The van der Waals surface area contributed by atoms with E-state index in [9.17, 15) is 4.79 Å². The van der Waals surface area contributed by atoms with E-state index in [2.05, 4.69) is 6.58 Å². The number of carbonyl (C=O) groups is 1. The summed E-state index contributed by atoms with van der Waals surface area (Å²) in [4.78, 5) is 10.8. The van der Waals surface area contributed by atoms with Crippen LogP contribution in [0, 0.1) is 0 Å². The molecule has 0 bridgehead atoms. The lowest BCUT2D eigenvalue weighted by atomic mass is 10.1. The van der Waals surface area contributed by atoms with Gasteiger partial charge in [0.1, 0.15) is 6.10 Å². The zero-order chi connectivity index (χ0) is 10.1. The lowest BCUT2D eigenvalue weighted by Crippen LogP contribution is -2.15. The molecular weight excluding hydrogens is 168 g/mol. The molecule has 0 amide bonds. The Balaban J connectivity index is 3.62. The molecule has 0 saturated carbocycles. The number of rotatable bonds is 7. The van der Waals surface area contributed by atoms with Crippen LogP contribution in [0.3, 0.4) is 0 Å². The third-order valence-electron chi connectivity index (χ3n) is 1.84. The maximum Gasteiger partial charge on any atom is 0.330 e. The minimum Gasteiger partial charge on any atom is -0.459 e. The zero-order valence-electron chi connectivity index (χ0n) is 8.16. The Morgan fingerprint density at radius 3 is 2.77 bits per heavy atom. The topological polar surface area (TPSA) is 46.5 Å². The van der Waals surface area contributed by atoms with E-state index < -0.39 is 0 Å². The molecule has 1 N–H and O–H groups in total. The van der Waals surface area contributed by atoms with Crippen LogP contribution in [-0.4, -0.2) is 23.8 Å². The lowest BCUT2D eigenvalue weighted by Gasteiger charge is -2.14. The molecule has 0 aliphatic carbocycles. The summed E-state index contributed by atoms with van der Waals surface area (Å²) in [5, 5.41) is 8.56. The molecule has 3 nitrogen and oxygen atoms in total. The summed E-state index contributed by atoms with van der Waals surface area (Å²) >= 11 is 0. The van der Waals surface area contributed by atoms with Crippen LogP contribution in [0.2, 0.25) is 0 Å². The van der Waals surface area contributed by atoms with Crippen molar-refractivity contribution in [2.45, 2.75) is 38.7 Å². The predicted molar refractivity (Wildman–Crippen MR) is 51.3 cm³/mol. The molecule has 0 aromatic rings. The highest BCUT2D eigenvalue weighted by molar-refractivity contribution is 5.81. The van der Waals surface area contributed by atoms with Crippen molar-refractivity contribution < 1.29 is 14.6 Å². The fourth-order valence-electron chi connectivity index (χ4n) is 1.04. The quantitative estimate of drug-likeness (QED) is 0.373. The van der Waals surface area contributed by atoms with Gasteiger partial charge < -0.3 is 9.84 Å². The lowest BCUT2D eigenvalue weighted by molar-refractivity contribution is -0.143. The number of ether oxygens (including phenoxy) is 1. The molecule has 0 fully saturated rings. The molecular formula is C10H18O3. The Labute approximate surface area is 79.4 Å². The molecule has 76 valence electrons. The van der Waals surface area contributed by atoms with Gasteiger partial charge in [-0.3, -0.25) is 0 Å². The van der Waals surface area contributed by atoms with Crippen LogP contribution in [0.1, 0.15) is 32.6 Å². The van der Waals surface area contributed by atoms with Gasteiger partial charge in [0, 0.05) is 12.7 Å². The summed E-state index contributed by atoms with van der Waals surface area (Å²) in [6.07, 6.45) is 4.43. The summed E-state index contributed by atoms with van der Waals surface area (Å²) in [7, 11) is 0. The molecule has 3 heteroatoms. The van der Waals surface area contributed by atoms with Crippen LogP contribution in [-0.2, 0) is 9.53 Å². The van der Waals surface area contributed by atoms with Crippen LogP contribution in [0.4, 0.5) is 0 Å². The fourth-order valence-corrected chi connectivity index (χ4v) is 1.04. The molecule has 0 aromatic carbocycles. The number of esters is 1. The van der Waals surface area contributed by atoms with Gasteiger partial charge in [-0.25, -0.2) is 4.79 Å². The highest BCUT2D eigenvalue weighted by atomic mass is 16.5. The van der Waals surface area contributed by atoms with E-state index in [1.807, 2.05) is 6.92 Å². The fraction of sp³-hybridized carbons (Fsp3) is 0.700. The molecule has 13 heavy (non-hydrogen) atoms. The van der Waals surface area contributed by atoms with Crippen molar-refractivity contribution in [2.24, 2.45) is 0 Å². The Hall–Kier alpha value is -0.830. The number of aliphatic hydroxyl groups is 1. The molecule has 0 saturated heterocycles. The SMILES string of the molecule is C=CC(=O)OC(CC)CCCCO. The van der Waals surface area contributed by atoms with Crippen molar-refractivity contribution in [3.63, 3.8) is 0 Å². The van der Waals surface area contributed by atoms with Crippen LogP contribution in [0.15, 0.2) is 12.7 Å². The van der Waals surface area contributed by atoms with Crippen molar-refractivity contribution in [1.29, 1.82) is 0 Å². The number of carbonyl (C=O) groups excluding carboxylic acids is 1. The average Bonchev–Trinajstić information content (AvgIpc) is 2.16. The van der Waals surface area contributed by atoms with Gasteiger partial charge in [0.25, 0.3) is 0 Å². The third-order valence-corrected chi connectivity index (χ3v) is 1.84. The highest BCUT2D eigenvalue weighted by Crippen LogP contribution is 2.08. The van der Waals surface area contributed by atoms with Gasteiger partial charge >= 0.3 is 5.97 Å². The van der Waals surface area contributed by atoms with E-state index in [4.69, 9.17) is 9.84 Å². The molecule has 0 radical (unpaired) electrons. The molecule has 1 unspecified atom stereocenters. The molecule has 1 atom stereocenters. The summed E-state index contributed by atoms with van der Waals surface area (Å²) in [6.45, 7) is 5.50. The van der Waals surface area contributed by atoms with Gasteiger partial charge in [-0.1, -0.05) is 13.5 Å². The maximum absolute atomic E-state index is 10.8. The standard InChI is InChI=1S/C10H18O3/c1-3-9(7-5-6-8-11)13-10(12)4-2/h4,9,11H,2-3,5-8H2,1H3. The summed E-state index contributed by atoms with van der Waals surface area (Å²) < 4.78 is 5.06. The molecule has 0 rings (SSSR count). The number of aliphatic hydroxyl groups excluding tert-OH is 1. The first-order chi connectivity index (χ1) is 6.24. The van der Waals surface area contributed by atoms with Crippen molar-refractivity contribution in [3.8, 4) is 0 Å². The van der Waals surface area contributed by atoms with Crippen molar-refractivity contribution in [3.05, 3.63) is 12.7 Å². The minimum absolute atomic E-state index is 0.0305. The first kappa shape index (κ1) is 12.2. The molecule has 0 heterocycles. The maximum atomic E-state index is 10.8. The number of unbranched alkanes of at least 4 members (excludes halogenated alkanes) is 1. The summed E-state index contributed by atoms with van der Waals surface area (Å²) in [5.41, 5.74) is 0. The van der Waals surface area contributed by atoms with Gasteiger partial charge in [0.15, 0.2) is 0 Å². The van der Waals surface area contributed by atoms with Gasteiger partial charge in [-0.15, -0.1) is 0 Å². The van der Waals surface area contributed by atoms with Crippen LogP contribution in [0.5, 0.6) is 0 Å². The number of hydrogen-bond acceptors (Lipinski definition) is 3. The average molecular weight is 186 g/mol. The predicted octanol–water partition coefficient (Wildman–Crippen LogP) is 1.66. The second kappa shape index (κ2) is 7.80. The van der Waals surface area contributed by atoms with E-state index >= 15 is 0 Å². The zero-order valence-corrected chi connectivity index (χ0v) is 8.16. The normalized spacial score (nSPS) is 12.2. The Kier molecular flexibility index (Phi) is 7.30. The van der Waals surface area contributed by atoms with E-state index in [0.29, 0.717) is 0 Å². The first-order valence-corrected chi connectivity index (χ1v) is 4.68. The second-order valence-corrected chi connectivity index (χ2v) is 2.89. The van der Waals surface area contributed by atoms with Gasteiger partial charge in [-0.2, -0.15) is 0 Å². The van der Waals surface area contributed by atoms with Gasteiger partial charge in [-0.05, 0) is 25.7 Å². The van der Waals surface area contributed by atoms with Crippen LogP contribution < -0.4 is 0 Å². The van der Waals surface area contributed by atoms with Crippen molar-refractivity contribution >= 4 is 5.97 Å². The monoisotopic (exact) mass is 186 g/mol. The molecule has 0 aromatic heterocycles. The first-order valence-electron chi connectivity index (χ1n) is 4.68. The highest BCUT2D eigenvalue weighted by Gasteiger charge is 2.09. The minimum atomic E-state index is -0.365. The van der Waals surface area contributed by atoms with Crippen LogP contribution in [0.25, 0.3) is 0 Å². The second-order valence-electron chi connectivity index (χ2n) is 2.89. The molecule has 0 aliphatic heterocycles. The van der Waals surface area contributed by atoms with Gasteiger partial charge in [0.2, 0.25) is 0 Å². The summed E-state index contributed by atoms with van der Waals surface area (Å²) in [5.74, 6) is -0.365. The van der Waals surface area contributed by atoms with Crippen LogP contribution >= 0.6 is 0 Å². The van der Waals surface area contributed by atoms with E-state index in [-0.39, 0.29) is 18.7 Å². The Morgan fingerprint density at radius 1 is 1.62 bits per heavy atom. The molecule has 0 aliphatic rings. The molecule has 0 spiro atoms. The Morgan fingerprint density at radius 2 is 2.31 bits per heavy atom. The van der Waals surface area contributed by atoms with E-state index in [1.165, 1.54) is 6.08 Å².